The largest absolute Gasteiger partial charge is 0.393 e. The summed E-state index contributed by atoms with van der Waals surface area (Å²) in [5, 5.41) is -0.0205. The van der Waals surface area contributed by atoms with Crippen molar-refractivity contribution in [1.29, 1.82) is 0 Å². The lowest BCUT2D eigenvalue weighted by molar-refractivity contribution is -0.176. The smallest absolute Gasteiger partial charge is 0.347 e. The highest BCUT2D eigenvalue weighted by atomic mass is 35.5. The maximum absolute atomic E-state index is 12.8. The lowest BCUT2D eigenvalue weighted by atomic mass is 9.98. The number of piperidine rings is 1. The third-order valence-corrected chi connectivity index (χ3v) is 3.32. The van der Waals surface area contributed by atoms with E-state index in [1.807, 2.05) is 0 Å². The Morgan fingerprint density at radius 2 is 1.95 bits per heavy atom. The van der Waals surface area contributed by atoms with E-state index >= 15 is 0 Å². The Morgan fingerprint density at radius 1 is 1.25 bits per heavy atom. The zero-order chi connectivity index (χ0) is 14.9. The Kier molecular flexibility index (Phi) is 4.22. The van der Waals surface area contributed by atoms with Gasteiger partial charge >= 0.3 is 6.18 Å². The monoisotopic (exact) mass is 309 g/mol. The molecule has 0 spiro atoms. The third kappa shape index (κ3) is 3.41. The van der Waals surface area contributed by atoms with Gasteiger partial charge in [-0.25, -0.2) is 0 Å². The van der Waals surface area contributed by atoms with E-state index in [2.05, 4.69) is 15.0 Å². The van der Waals surface area contributed by atoms with Gasteiger partial charge in [0.05, 0.1) is 5.92 Å². The van der Waals surface area contributed by atoms with Crippen LogP contribution in [0.5, 0.6) is 0 Å². The zero-order valence-corrected chi connectivity index (χ0v) is 11.9. The number of aromatic nitrogens is 3. The molecule has 0 radical (unpaired) electrons. The van der Waals surface area contributed by atoms with Gasteiger partial charge in [0.1, 0.15) is 0 Å². The second-order valence-corrected chi connectivity index (χ2v) is 5.26. The van der Waals surface area contributed by atoms with E-state index in [0.29, 0.717) is 18.9 Å². The van der Waals surface area contributed by atoms with E-state index in [4.69, 9.17) is 11.6 Å². The molecule has 9 heteroatoms. The summed E-state index contributed by atoms with van der Waals surface area (Å²) in [6.07, 6.45) is -3.61. The standard InChI is InChI=1S/C11H15ClF3N5/c1-19(2)9-16-8(12)17-10(18-9)20-5-3-4-7(6-20)11(13,14)15/h7H,3-6H2,1-2H3. The van der Waals surface area contributed by atoms with Gasteiger partial charge in [-0.1, -0.05) is 0 Å². The van der Waals surface area contributed by atoms with Crippen LogP contribution in [0.4, 0.5) is 25.1 Å². The summed E-state index contributed by atoms with van der Waals surface area (Å²) in [5.74, 6) is -0.827. The lowest BCUT2D eigenvalue weighted by Crippen LogP contribution is -2.42. The van der Waals surface area contributed by atoms with Crippen LogP contribution in [-0.2, 0) is 0 Å². The number of hydrogen-bond acceptors (Lipinski definition) is 5. The topological polar surface area (TPSA) is 45.2 Å². The molecule has 2 rings (SSSR count). The highest BCUT2D eigenvalue weighted by Gasteiger charge is 2.42. The first kappa shape index (κ1) is 15.1. The summed E-state index contributed by atoms with van der Waals surface area (Å²) >= 11 is 5.80. The molecule has 0 N–H and O–H groups in total. The van der Waals surface area contributed by atoms with Gasteiger partial charge in [0.2, 0.25) is 17.2 Å². The van der Waals surface area contributed by atoms with Crippen LogP contribution in [0.25, 0.3) is 0 Å². The Morgan fingerprint density at radius 3 is 2.55 bits per heavy atom. The molecule has 2 heterocycles. The van der Waals surface area contributed by atoms with Crippen LogP contribution in [0.1, 0.15) is 12.8 Å². The number of nitrogens with zero attached hydrogens (tertiary/aromatic N) is 5. The summed E-state index contributed by atoms with van der Waals surface area (Å²) in [5.41, 5.74) is 0. The molecular weight excluding hydrogens is 295 g/mol. The van der Waals surface area contributed by atoms with Gasteiger partial charge in [0.25, 0.3) is 0 Å². The third-order valence-electron chi connectivity index (χ3n) is 3.15. The molecule has 0 saturated carbocycles. The first-order valence-corrected chi connectivity index (χ1v) is 6.55. The lowest BCUT2D eigenvalue weighted by Gasteiger charge is -2.33. The number of anilines is 2. The maximum atomic E-state index is 12.8. The SMILES string of the molecule is CN(C)c1nc(Cl)nc(N2CCCC(C(F)(F)F)C2)n1. The van der Waals surface area contributed by atoms with Crippen molar-refractivity contribution in [3.8, 4) is 0 Å². The molecule has 1 aromatic rings. The fraction of sp³-hybridized carbons (Fsp3) is 0.727. The van der Waals surface area contributed by atoms with E-state index in [1.54, 1.807) is 19.0 Å². The Balaban J connectivity index is 2.23. The first-order chi connectivity index (χ1) is 9.27. The molecule has 0 aliphatic carbocycles. The molecule has 1 atom stereocenters. The van der Waals surface area contributed by atoms with Crippen molar-refractivity contribution in [2.75, 3.05) is 37.0 Å². The average Bonchev–Trinajstić information content (AvgIpc) is 2.37. The molecule has 5 nitrogen and oxygen atoms in total. The van der Waals surface area contributed by atoms with E-state index in [-0.39, 0.29) is 24.2 Å². The first-order valence-electron chi connectivity index (χ1n) is 6.18. The van der Waals surface area contributed by atoms with E-state index in [9.17, 15) is 13.2 Å². The number of rotatable bonds is 2. The minimum absolute atomic E-state index is 0.0205. The van der Waals surface area contributed by atoms with Gasteiger partial charge < -0.3 is 9.80 Å². The van der Waals surface area contributed by atoms with Gasteiger partial charge in [-0.2, -0.15) is 28.1 Å². The fourth-order valence-electron chi connectivity index (χ4n) is 2.10. The van der Waals surface area contributed by atoms with Gasteiger partial charge in [0, 0.05) is 27.2 Å². The van der Waals surface area contributed by atoms with Crippen molar-refractivity contribution in [3.05, 3.63) is 5.28 Å². The molecular formula is C11H15ClF3N5. The van der Waals surface area contributed by atoms with Crippen molar-refractivity contribution < 1.29 is 13.2 Å². The molecule has 1 unspecified atom stereocenters. The van der Waals surface area contributed by atoms with Crippen molar-refractivity contribution >= 4 is 23.5 Å². The molecule has 1 aromatic heterocycles. The average molecular weight is 310 g/mol. The fourth-order valence-corrected chi connectivity index (χ4v) is 2.25. The zero-order valence-electron chi connectivity index (χ0n) is 11.2. The van der Waals surface area contributed by atoms with Crippen LogP contribution < -0.4 is 9.80 Å². The number of hydrogen-bond donors (Lipinski definition) is 0. The maximum Gasteiger partial charge on any atom is 0.393 e. The highest BCUT2D eigenvalue weighted by Crippen LogP contribution is 2.34. The molecule has 0 aromatic carbocycles. The van der Waals surface area contributed by atoms with Crippen molar-refractivity contribution in [1.82, 2.24) is 15.0 Å². The van der Waals surface area contributed by atoms with E-state index in [1.165, 1.54) is 4.90 Å². The summed E-state index contributed by atoms with van der Waals surface area (Å²) in [4.78, 5) is 15.1. The van der Waals surface area contributed by atoms with Crippen LogP contribution in [0.2, 0.25) is 5.28 Å². The van der Waals surface area contributed by atoms with Crippen LogP contribution in [0, 0.1) is 5.92 Å². The Labute approximate surface area is 119 Å². The van der Waals surface area contributed by atoms with Gasteiger partial charge in [0.15, 0.2) is 0 Å². The second kappa shape index (κ2) is 5.59. The summed E-state index contributed by atoms with van der Waals surface area (Å²) in [7, 11) is 3.45. The number of halogens is 4. The summed E-state index contributed by atoms with van der Waals surface area (Å²) in [6.45, 7) is 0.344. The summed E-state index contributed by atoms with van der Waals surface area (Å²) < 4.78 is 38.4. The highest BCUT2D eigenvalue weighted by molar-refractivity contribution is 6.28. The van der Waals surface area contributed by atoms with E-state index < -0.39 is 12.1 Å². The van der Waals surface area contributed by atoms with E-state index in [0.717, 1.165) is 0 Å². The van der Waals surface area contributed by atoms with Crippen LogP contribution in [0.3, 0.4) is 0 Å². The molecule has 0 amide bonds. The van der Waals surface area contributed by atoms with Gasteiger partial charge in [-0.05, 0) is 24.4 Å². The number of alkyl halides is 3. The second-order valence-electron chi connectivity index (χ2n) is 4.93. The molecule has 1 aliphatic rings. The molecule has 112 valence electrons. The molecule has 20 heavy (non-hydrogen) atoms. The Bertz CT molecular complexity index is 480. The molecule has 1 aliphatic heterocycles. The Hall–Kier alpha value is -1.31. The molecule has 1 fully saturated rings. The summed E-state index contributed by atoms with van der Waals surface area (Å²) in [6, 6.07) is 0. The van der Waals surface area contributed by atoms with Crippen molar-refractivity contribution in [2.24, 2.45) is 5.92 Å². The van der Waals surface area contributed by atoms with Crippen molar-refractivity contribution in [3.63, 3.8) is 0 Å². The van der Waals surface area contributed by atoms with Gasteiger partial charge in [-0.3, -0.25) is 0 Å². The normalized spacial score (nSPS) is 20.1. The van der Waals surface area contributed by atoms with Gasteiger partial charge in [-0.15, -0.1) is 0 Å². The quantitative estimate of drug-likeness (QED) is 0.839. The van der Waals surface area contributed by atoms with Crippen LogP contribution >= 0.6 is 11.6 Å². The molecule has 0 bridgehead atoms. The van der Waals surface area contributed by atoms with Crippen LogP contribution in [0.15, 0.2) is 0 Å². The minimum atomic E-state index is -4.19. The molecule has 1 saturated heterocycles. The minimum Gasteiger partial charge on any atom is -0.347 e. The van der Waals surface area contributed by atoms with Crippen LogP contribution in [-0.4, -0.2) is 48.3 Å². The van der Waals surface area contributed by atoms with Crippen molar-refractivity contribution in [2.45, 2.75) is 19.0 Å². The predicted molar refractivity (Wildman–Crippen MR) is 70.2 cm³/mol. The predicted octanol–water partition coefficient (Wildman–Crippen LogP) is 2.37.